The maximum Gasteiger partial charge on any atom is 0.407 e. The van der Waals surface area contributed by atoms with Gasteiger partial charge in [0.15, 0.2) is 0 Å². The summed E-state index contributed by atoms with van der Waals surface area (Å²) in [5.41, 5.74) is 13.8. The van der Waals surface area contributed by atoms with Gasteiger partial charge in [-0.1, -0.05) is 65.8 Å². The Balaban J connectivity index is 1.24. The van der Waals surface area contributed by atoms with E-state index in [0.29, 0.717) is 37.1 Å². The highest BCUT2D eigenvalue weighted by Crippen LogP contribution is 2.44. The van der Waals surface area contributed by atoms with E-state index in [1.54, 1.807) is 24.3 Å². The van der Waals surface area contributed by atoms with Crippen LogP contribution in [0.1, 0.15) is 46.7 Å². The van der Waals surface area contributed by atoms with Crippen molar-refractivity contribution in [1.29, 1.82) is 0 Å². The number of rotatable bonds is 11. The van der Waals surface area contributed by atoms with Crippen molar-refractivity contribution in [3.05, 3.63) is 99.9 Å². The summed E-state index contributed by atoms with van der Waals surface area (Å²) in [6, 6.07) is 21.5. The van der Waals surface area contributed by atoms with Gasteiger partial charge < -0.3 is 20.1 Å². The normalized spacial score (nSPS) is 12.3. The lowest BCUT2D eigenvalue weighted by molar-refractivity contribution is -0.143. The minimum absolute atomic E-state index is 0.0846. The number of hydrogen-bond acceptors (Lipinski definition) is 6. The van der Waals surface area contributed by atoms with E-state index in [1.807, 2.05) is 36.4 Å². The Morgan fingerprint density at radius 1 is 0.949 bits per heavy atom. The Hall–Kier alpha value is -4.82. The molecule has 200 valence electrons. The number of nitrogens with zero attached hydrogens (tertiary/aromatic N) is 3. The summed E-state index contributed by atoms with van der Waals surface area (Å²) in [5, 5.41) is 8.90. The Labute approximate surface area is 225 Å². The Morgan fingerprint density at radius 2 is 1.59 bits per heavy atom. The van der Waals surface area contributed by atoms with Gasteiger partial charge in [-0.3, -0.25) is 4.79 Å². The van der Waals surface area contributed by atoms with Crippen LogP contribution in [0.25, 0.3) is 21.6 Å². The van der Waals surface area contributed by atoms with E-state index in [-0.39, 0.29) is 18.4 Å². The standard InChI is InChI=1S/C29H29N5O5/c1-38-28(36)26(12-6-7-17-31-27(35)19-13-15-20(16-14-19)33-34-30)32-29(37)39-18-25-23-10-4-2-8-21(23)22-9-3-5-11-24(22)25/h2-5,8-11,13-16,25-26H,6-7,12,17-18H2,1H3,(H,31,35)(H,32,37)/t26-/m0/s1. The molecule has 10 heteroatoms. The van der Waals surface area contributed by atoms with Crippen LogP contribution in [0.3, 0.4) is 0 Å². The molecule has 1 aliphatic carbocycles. The average Bonchev–Trinajstić information content (AvgIpc) is 3.29. The number of carbonyl (C=O) groups excluding carboxylic acids is 3. The van der Waals surface area contributed by atoms with Gasteiger partial charge in [-0.15, -0.1) is 0 Å². The van der Waals surface area contributed by atoms with Crippen LogP contribution >= 0.6 is 0 Å². The summed E-state index contributed by atoms with van der Waals surface area (Å²) >= 11 is 0. The molecule has 2 amide bonds. The minimum atomic E-state index is -0.866. The molecule has 3 aromatic rings. The fourth-order valence-corrected chi connectivity index (χ4v) is 4.68. The van der Waals surface area contributed by atoms with Gasteiger partial charge in [-0.25, -0.2) is 9.59 Å². The van der Waals surface area contributed by atoms with Crippen molar-refractivity contribution in [2.24, 2.45) is 5.11 Å². The molecular weight excluding hydrogens is 498 g/mol. The number of methoxy groups -OCH3 is 1. The number of hydrogen-bond donors (Lipinski definition) is 2. The smallest absolute Gasteiger partial charge is 0.407 e. The molecule has 0 heterocycles. The molecule has 0 unspecified atom stereocenters. The number of benzene rings is 3. The first-order valence-electron chi connectivity index (χ1n) is 12.6. The number of amides is 2. The summed E-state index contributed by atoms with van der Waals surface area (Å²) in [6.45, 7) is 0.527. The predicted molar refractivity (Wildman–Crippen MR) is 145 cm³/mol. The van der Waals surface area contributed by atoms with Gasteiger partial charge in [0.05, 0.1) is 7.11 Å². The Bertz CT molecular complexity index is 1340. The van der Waals surface area contributed by atoms with E-state index in [0.717, 1.165) is 22.3 Å². The van der Waals surface area contributed by atoms with Crippen molar-refractivity contribution >= 4 is 23.7 Å². The highest BCUT2D eigenvalue weighted by Gasteiger charge is 2.29. The molecule has 1 aliphatic rings. The number of azide groups is 1. The van der Waals surface area contributed by atoms with Crippen molar-refractivity contribution < 1.29 is 23.9 Å². The van der Waals surface area contributed by atoms with Crippen LogP contribution in [0.4, 0.5) is 10.5 Å². The largest absolute Gasteiger partial charge is 0.467 e. The number of carbonyl (C=O) groups is 3. The molecule has 0 bridgehead atoms. The quantitative estimate of drug-likeness (QED) is 0.110. The van der Waals surface area contributed by atoms with Gasteiger partial charge >= 0.3 is 12.1 Å². The zero-order chi connectivity index (χ0) is 27.6. The van der Waals surface area contributed by atoms with Crippen molar-refractivity contribution in [2.75, 3.05) is 20.3 Å². The average molecular weight is 528 g/mol. The van der Waals surface area contributed by atoms with Crippen molar-refractivity contribution in [2.45, 2.75) is 31.2 Å². The monoisotopic (exact) mass is 527 g/mol. The van der Waals surface area contributed by atoms with E-state index < -0.39 is 18.1 Å². The van der Waals surface area contributed by atoms with E-state index in [4.69, 9.17) is 15.0 Å². The van der Waals surface area contributed by atoms with Crippen LogP contribution < -0.4 is 10.6 Å². The zero-order valence-corrected chi connectivity index (χ0v) is 21.5. The fourth-order valence-electron chi connectivity index (χ4n) is 4.68. The minimum Gasteiger partial charge on any atom is -0.467 e. The third kappa shape index (κ3) is 6.74. The molecule has 1 atom stereocenters. The second-order valence-corrected chi connectivity index (χ2v) is 9.03. The summed E-state index contributed by atoms with van der Waals surface area (Å²) in [5.74, 6) is -0.907. The van der Waals surface area contributed by atoms with Crippen molar-refractivity contribution in [1.82, 2.24) is 10.6 Å². The number of alkyl carbamates (subject to hydrolysis) is 1. The highest BCUT2D eigenvalue weighted by atomic mass is 16.6. The maximum atomic E-state index is 12.6. The summed E-state index contributed by atoms with van der Waals surface area (Å²) in [4.78, 5) is 39.9. The maximum absolute atomic E-state index is 12.6. The molecule has 0 saturated heterocycles. The second-order valence-electron chi connectivity index (χ2n) is 9.03. The molecule has 2 N–H and O–H groups in total. The number of unbranched alkanes of at least 4 members (excludes halogenated alkanes) is 1. The number of esters is 1. The zero-order valence-electron chi connectivity index (χ0n) is 21.5. The Kier molecular flexibility index (Phi) is 9.16. The van der Waals surface area contributed by atoms with Crippen molar-refractivity contribution in [3.8, 4) is 11.1 Å². The predicted octanol–water partition coefficient (Wildman–Crippen LogP) is 5.61. The molecule has 0 radical (unpaired) electrons. The van der Waals surface area contributed by atoms with Crippen LogP contribution in [0, 0.1) is 0 Å². The Morgan fingerprint density at radius 3 is 2.21 bits per heavy atom. The summed E-state index contributed by atoms with van der Waals surface area (Å²) in [6.07, 6.45) is 0.778. The molecule has 39 heavy (non-hydrogen) atoms. The van der Waals surface area contributed by atoms with Gasteiger partial charge in [0.1, 0.15) is 12.6 Å². The molecule has 3 aromatic carbocycles. The molecular formula is C29H29N5O5. The lowest BCUT2D eigenvalue weighted by atomic mass is 9.98. The van der Waals surface area contributed by atoms with E-state index in [2.05, 4.69) is 32.8 Å². The van der Waals surface area contributed by atoms with Gasteiger partial charge in [0.2, 0.25) is 0 Å². The molecule has 0 saturated carbocycles. The molecule has 0 aromatic heterocycles. The van der Waals surface area contributed by atoms with Gasteiger partial charge in [-0.05, 0) is 59.2 Å². The second kappa shape index (κ2) is 13.1. The third-order valence-electron chi connectivity index (χ3n) is 6.62. The van der Waals surface area contributed by atoms with Gasteiger partial charge in [0, 0.05) is 28.6 Å². The molecule has 0 spiro atoms. The third-order valence-corrected chi connectivity index (χ3v) is 6.62. The van der Waals surface area contributed by atoms with E-state index >= 15 is 0 Å². The first-order valence-corrected chi connectivity index (χ1v) is 12.6. The van der Waals surface area contributed by atoms with Crippen LogP contribution in [-0.2, 0) is 14.3 Å². The van der Waals surface area contributed by atoms with E-state index in [9.17, 15) is 14.4 Å². The fraction of sp³-hybridized carbons (Fsp3) is 0.276. The highest BCUT2D eigenvalue weighted by molar-refractivity contribution is 5.94. The number of fused-ring (bicyclic) bond motifs is 3. The lowest BCUT2D eigenvalue weighted by Crippen LogP contribution is -2.42. The van der Waals surface area contributed by atoms with Crippen LogP contribution in [0.15, 0.2) is 77.9 Å². The first-order chi connectivity index (χ1) is 19.0. The topological polar surface area (TPSA) is 142 Å². The van der Waals surface area contributed by atoms with Crippen LogP contribution in [0.5, 0.6) is 0 Å². The number of ether oxygens (including phenoxy) is 2. The van der Waals surface area contributed by atoms with Gasteiger partial charge in [0.25, 0.3) is 5.91 Å². The summed E-state index contributed by atoms with van der Waals surface area (Å²) in [7, 11) is 1.27. The SMILES string of the molecule is COC(=O)[C@H](CCCCNC(=O)c1ccc(N=[N+]=[N-])cc1)NC(=O)OCC1c2ccccc2-c2ccccc21. The molecule has 4 rings (SSSR count). The van der Waals surface area contributed by atoms with Gasteiger partial charge in [-0.2, -0.15) is 0 Å². The van der Waals surface area contributed by atoms with E-state index in [1.165, 1.54) is 7.11 Å². The lowest BCUT2D eigenvalue weighted by Gasteiger charge is -2.18. The van der Waals surface area contributed by atoms with Crippen LogP contribution in [-0.4, -0.2) is 44.3 Å². The molecule has 10 nitrogen and oxygen atoms in total. The molecule has 0 aliphatic heterocycles. The molecule has 0 fully saturated rings. The summed E-state index contributed by atoms with van der Waals surface area (Å²) < 4.78 is 10.4. The first kappa shape index (κ1) is 27.2. The number of nitrogens with one attached hydrogen (secondary N) is 2. The van der Waals surface area contributed by atoms with Crippen molar-refractivity contribution in [3.63, 3.8) is 0 Å². The van der Waals surface area contributed by atoms with Crippen LogP contribution in [0.2, 0.25) is 0 Å².